The molecule has 1 aromatic carbocycles. The van der Waals surface area contributed by atoms with Gasteiger partial charge in [-0.3, -0.25) is 4.99 Å². The molecule has 0 bridgehead atoms. The van der Waals surface area contributed by atoms with E-state index in [0.717, 1.165) is 11.4 Å². The fourth-order valence-corrected chi connectivity index (χ4v) is 1.69. The first kappa shape index (κ1) is 16.8. The van der Waals surface area contributed by atoms with Gasteiger partial charge in [0.05, 0.1) is 6.61 Å². The molecule has 21 heavy (non-hydrogen) atoms. The van der Waals surface area contributed by atoms with Gasteiger partial charge in [0, 0.05) is 5.71 Å². The van der Waals surface area contributed by atoms with E-state index in [1.165, 1.54) is 0 Å². The van der Waals surface area contributed by atoms with E-state index in [-0.39, 0.29) is 0 Å². The van der Waals surface area contributed by atoms with Gasteiger partial charge in [-0.1, -0.05) is 25.3 Å². The summed E-state index contributed by atoms with van der Waals surface area (Å²) in [7, 11) is 0. The normalized spacial score (nSPS) is 9.67. The highest BCUT2D eigenvalue weighted by Crippen LogP contribution is 2.44. The van der Waals surface area contributed by atoms with Crippen LogP contribution in [0.4, 0.5) is 5.69 Å². The van der Waals surface area contributed by atoms with Gasteiger partial charge >= 0.3 is 0 Å². The minimum atomic E-state index is 0.364. The molecule has 1 aromatic rings. The quantitative estimate of drug-likeness (QED) is 0.502. The molecule has 0 fully saturated rings. The molecule has 0 spiro atoms. The predicted molar refractivity (Wildman–Crippen MR) is 87.4 cm³/mol. The monoisotopic (exact) mass is 289 g/mol. The second-order valence-corrected chi connectivity index (χ2v) is 4.43. The van der Waals surface area contributed by atoms with Crippen LogP contribution in [0.5, 0.6) is 17.2 Å². The van der Waals surface area contributed by atoms with Gasteiger partial charge in [-0.15, -0.1) is 0 Å². The standard InChI is InChI=1S/C17H23NO3/c1-6-11-20-15-10-9-14(18-13(4)5)16(19-8-3)17(15)21-12-7-2/h6-7,9-10H,1-2,8,11-12H2,3-5H3. The average Bonchev–Trinajstić information content (AvgIpc) is 2.45. The molecule has 0 aliphatic heterocycles. The summed E-state index contributed by atoms with van der Waals surface area (Å²) in [6, 6.07) is 3.68. The number of ether oxygens (including phenoxy) is 3. The van der Waals surface area contributed by atoms with Crippen LogP contribution in [0.3, 0.4) is 0 Å². The first-order chi connectivity index (χ1) is 10.1. The number of aliphatic imine (C=N–C) groups is 1. The summed E-state index contributed by atoms with van der Waals surface area (Å²) in [6.45, 7) is 14.4. The lowest BCUT2D eigenvalue weighted by molar-refractivity contribution is 0.274. The van der Waals surface area contributed by atoms with Gasteiger partial charge in [0.2, 0.25) is 5.75 Å². The van der Waals surface area contributed by atoms with Crippen LogP contribution in [-0.2, 0) is 0 Å². The summed E-state index contributed by atoms with van der Waals surface area (Å²) in [5.74, 6) is 1.73. The Bertz CT molecular complexity index is 517. The predicted octanol–water partition coefficient (Wildman–Crippen LogP) is 4.33. The van der Waals surface area contributed by atoms with E-state index >= 15 is 0 Å². The van der Waals surface area contributed by atoms with E-state index < -0.39 is 0 Å². The third-order valence-electron chi connectivity index (χ3n) is 2.39. The molecule has 0 atom stereocenters. The van der Waals surface area contributed by atoms with Crippen molar-refractivity contribution in [2.75, 3.05) is 19.8 Å². The lowest BCUT2D eigenvalue weighted by atomic mass is 10.2. The third kappa shape index (κ3) is 4.99. The van der Waals surface area contributed by atoms with Crippen LogP contribution >= 0.6 is 0 Å². The van der Waals surface area contributed by atoms with E-state index in [9.17, 15) is 0 Å². The molecular weight excluding hydrogens is 266 g/mol. The van der Waals surface area contributed by atoms with Crippen molar-refractivity contribution < 1.29 is 14.2 Å². The molecule has 0 heterocycles. The summed E-state index contributed by atoms with van der Waals surface area (Å²) in [4.78, 5) is 4.48. The van der Waals surface area contributed by atoms with Gasteiger partial charge in [0.1, 0.15) is 18.9 Å². The lowest BCUT2D eigenvalue weighted by Gasteiger charge is -2.17. The van der Waals surface area contributed by atoms with E-state index in [1.54, 1.807) is 12.2 Å². The topological polar surface area (TPSA) is 40.0 Å². The number of benzene rings is 1. The maximum absolute atomic E-state index is 5.72. The van der Waals surface area contributed by atoms with Crippen LogP contribution in [0.15, 0.2) is 42.4 Å². The van der Waals surface area contributed by atoms with Crippen molar-refractivity contribution >= 4 is 11.4 Å². The molecule has 0 aromatic heterocycles. The molecule has 0 aliphatic rings. The van der Waals surface area contributed by atoms with E-state index in [2.05, 4.69) is 18.2 Å². The second kappa shape index (κ2) is 8.84. The van der Waals surface area contributed by atoms with Crippen LogP contribution in [0.1, 0.15) is 20.8 Å². The lowest BCUT2D eigenvalue weighted by Crippen LogP contribution is -2.03. The summed E-state index contributed by atoms with van der Waals surface area (Å²) >= 11 is 0. The fraction of sp³-hybridized carbons (Fsp3) is 0.353. The molecule has 0 aliphatic carbocycles. The fourth-order valence-electron chi connectivity index (χ4n) is 1.69. The van der Waals surface area contributed by atoms with Crippen LogP contribution < -0.4 is 14.2 Å². The summed E-state index contributed by atoms with van der Waals surface area (Å²) in [6.07, 6.45) is 3.36. The van der Waals surface area contributed by atoms with E-state index in [4.69, 9.17) is 14.2 Å². The van der Waals surface area contributed by atoms with Crippen molar-refractivity contribution in [3.63, 3.8) is 0 Å². The Morgan fingerprint density at radius 2 is 1.71 bits per heavy atom. The first-order valence-corrected chi connectivity index (χ1v) is 6.93. The first-order valence-electron chi connectivity index (χ1n) is 6.93. The van der Waals surface area contributed by atoms with Crippen molar-refractivity contribution in [1.29, 1.82) is 0 Å². The molecule has 0 unspecified atom stereocenters. The zero-order chi connectivity index (χ0) is 15.7. The Morgan fingerprint density at radius 1 is 1.05 bits per heavy atom. The van der Waals surface area contributed by atoms with Crippen molar-refractivity contribution in [3.05, 3.63) is 37.4 Å². The molecule has 4 nitrogen and oxygen atoms in total. The number of nitrogens with zero attached hydrogens (tertiary/aromatic N) is 1. The van der Waals surface area contributed by atoms with E-state index in [0.29, 0.717) is 37.1 Å². The molecule has 0 saturated carbocycles. The minimum Gasteiger partial charge on any atom is -0.488 e. The molecule has 0 radical (unpaired) electrons. The van der Waals surface area contributed by atoms with Gasteiger partial charge in [0.25, 0.3) is 0 Å². The molecule has 0 saturated heterocycles. The van der Waals surface area contributed by atoms with Gasteiger partial charge < -0.3 is 14.2 Å². The Labute approximate surface area is 126 Å². The molecule has 0 N–H and O–H groups in total. The van der Waals surface area contributed by atoms with Gasteiger partial charge in [0.15, 0.2) is 11.5 Å². The van der Waals surface area contributed by atoms with Gasteiger partial charge in [-0.2, -0.15) is 0 Å². The summed E-state index contributed by atoms with van der Waals surface area (Å²) in [5.41, 5.74) is 1.66. The number of hydrogen-bond donors (Lipinski definition) is 0. The SMILES string of the molecule is C=CCOc1ccc(N=C(C)C)c(OCC)c1OCC=C. The van der Waals surface area contributed by atoms with Crippen molar-refractivity contribution in [2.24, 2.45) is 4.99 Å². The largest absolute Gasteiger partial charge is 0.488 e. The summed E-state index contributed by atoms with van der Waals surface area (Å²) < 4.78 is 17.1. The molecular formula is C17H23NO3. The number of rotatable bonds is 9. The Hall–Kier alpha value is -2.23. The highest BCUT2D eigenvalue weighted by molar-refractivity contribution is 5.84. The maximum Gasteiger partial charge on any atom is 0.206 e. The third-order valence-corrected chi connectivity index (χ3v) is 2.39. The minimum absolute atomic E-state index is 0.364. The smallest absolute Gasteiger partial charge is 0.206 e. The zero-order valence-corrected chi connectivity index (χ0v) is 13.0. The Balaban J connectivity index is 3.32. The average molecular weight is 289 g/mol. The number of hydrogen-bond acceptors (Lipinski definition) is 4. The van der Waals surface area contributed by atoms with Gasteiger partial charge in [-0.05, 0) is 32.9 Å². The highest BCUT2D eigenvalue weighted by Gasteiger charge is 2.17. The van der Waals surface area contributed by atoms with E-state index in [1.807, 2.05) is 32.9 Å². The van der Waals surface area contributed by atoms with Crippen LogP contribution in [0.2, 0.25) is 0 Å². The van der Waals surface area contributed by atoms with Crippen LogP contribution in [0.25, 0.3) is 0 Å². The zero-order valence-electron chi connectivity index (χ0n) is 13.0. The van der Waals surface area contributed by atoms with Crippen molar-refractivity contribution in [3.8, 4) is 17.2 Å². The molecule has 1 rings (SSSR count). The highest BCUT2D eigenvalue weighted by atomic mass is 16.5. The molecule has 0 amide bonds. The van der Waals surface area contributed by atoms with Crippen LogP contribution in [-0.4, -0.2) is 25.5 Å². The van der Waals surface area contributed by atoms with Crippen LogP contribution in [0, 0.1) is 0 Å². The van der Waals surface area contributed by atoms with Gasteiger partial charge in [-0.25, -0.2) is 0 Å². The molecule has 114 valence electrons. The Kier molecular flexibility index (Phi) is 7.09. The second-order valence-electron chi connectivity index (χ2n) is 4.43. The summed E-state index contributed by atoms with van der Waals surface area (Å²) in [5, 5.41) is 0. The Morgan fingerprint density at radius 3 is 2.29 bits per heavy atom. The maximum atomic E-state index is 5.72. The molecule has 4 heteroatoms. The van der Waals surface area contributed by atoms with Crippen molar-refractivity contribution in [1.82, 2.24) is 0 Å². The van der Waals surface area contributed by atoms with Crippen molar-refractivity contribution in [2.45, 2.75) is 20.8 Å².